The molecule has 1 aliphatic rings. The largest absolute Gasteiger partial charge is 0.454 e. The summed E-state index contributed by atoms with van der Waals surface area (Å²) in [5.41, 5.74) is 8.40. The zero-order chi connectivity index (χ0) is 12.0. The van der Waals surface area contributed by atoms with Gasteiger partial charge in [-0.3, -0.25) is 5.10 Å². The molecule has 17 heavy (non-hydrogen) atoms. The van der Waals surface area contributed by atoms with Crippen LogP contribution in [0.4, 0.5) is 5.82 Å². The van der Waals surface area contributed by atoms with Crippen molar-refractivity contribution >= 4 is 17.4 Å². The number of hydrogen-bond acceptors (Lipinski definition) is 4. The van der Waals surface area contributed by atoms with Gasteiger partial charge in [-0.25, -0.2) is 0 Å². The monoisotopic (exact) mass is 251 g/mol. The molecule has 88 valence electrons. The van der Waals surface area contributed by atoms with Crippen LogP contribution in [0.1, 0.15) is 5.56 Å². The lowest BCUT2D eigenvalue weighted by molar-refractivity contribution is 0.174. The predicted molar refractivity (Wildman–Crippen MR) is 64.3 cm³/mol. The molecule has 0 saturated carbocycles. The molecule has 0 atom stereocenters. The molecule has 0 spiro atoms. The molecule has 1 aliphatic heterocycles. The van der Waals surface area contributed by atoms with E-state index in [2.05, 4.69) is 10.2 Å². The van der Waals surface area contributed by atoms with Gasteiger partial charge >= 0.3 is 0 Å². The summed E-state index contributed by atoms with van der Waals surface area (Å²) in [5.74, 6) is 1.73. The van der Waals surface area contributed by atoms with Crippen molar-refractivity contribution in [2.75, 3.05) is 12.5 Å². The number of halogens is 1. The SMILES string of the molecule is Cc1c(-c2cn[nH]c2N)cc2c(c1Cl)OCO2. The zero-order valence-corrected chi connectivity index (χ0v) is 9.84. The molecule has 0 radical (unpaired) electrons. The number of benzene rings is 1. The normalized spacial score (nSPS) is 13.1. The zero-order valence-electron chi connectivity index (χ0n) is 9.08. The van der Waals surface area contributed by atoms with Crippen molar-refractivity contribution in [3.63, 3.8) is 0 Å². The number of anilines is 1. The average Bonchev–Trinajstić information content (AvgIpc) is 2.92. The van der Waals surface area contributed by atoms with Gasteiger partial charge in [0.2, 0.25) is 6.79 Å². The third-order valence-electron chi connectivity index (χ3n) is 2.81. The van der Waals surface area contributed by atoms with Crippen molar-refractivity contribution in [2.24, 2.45) is 0 Å². The van der Waals surface area contributed by atoms with E-state index in [0.717, 1.165) is 16.7 Å². The summed E-state index contributed by atoms with van der Waals surface area (Å²) in [7, 11) is 0. The van der Waals surface area contributed by atoms with Crippen LogP contribution in [0.5, 0.6) is 11.5 Å². The number of hydrogen-bond donors (Lipinski definition) is 2. The van der Waals surface area contributed by atoms with E-state index in [9.17, 15) is 0 Å². The number of nitrogen functional groups attached to an aromatic ring is 1. The van der Waals surface area contributed by atoms with Crippen LogP contribution in [0.2, 0.25) is 5.02 Å². The number of aromatic amines is 1. The Labute approximate surface area is 102 Å². The molecule has 3 rings (SSSR count). The summed E-state index contributed by atoms with van der Waals surface area (Å²) in [4.78, 5) is 0. The van der Waals surface area contributed by atoms with Gasteiger partial charge in [0.05, 0.1) is 11.2 Å². The highest BCUT2D eigenvalue weighted by molar-refractivity contribution is 6.33. The molecule has 2 aromatic rings. The minimum absolute atomic E-state index is 0.193. The number of fused-ring (bicyclic) bond motifs is 1. The summed E-state index contributed by atoms with van der Waals surface area (Å²) in [6.07, 6.45) is 1.66. The lowest BCUT2D eigenvalue weighted by atomic mass is 10.0. The van der Waals surface area contributed by atoms with Crippen LogP contribution >= 0.6 is 11.6 Å². The van der Waals surface area contributed by atoms with Gasteiger partial charge in [0.25, 0.3) is 0 Å². The second-order valence-corrected chi connectivity index (χ2v) is 4.17. The van der Waals surface area contributed by atoms with Crippen molar-refractivity contribution < 1.29 is 9.47 Å². The summed E-state index contributed by atoms with van der Waals surface area (Å²) in [6, 6.07) is 1.87. The van der Waals surface area contributed by atoms with Crippen LogP contribution in [-0.4, -0.2) is 17.0 Å². The molecule has 5 nitrogen and oxygen atoms in total. The summed E-state index contributed by atoms with van der Waals surface area (Å²) >= 11 is 6.24. The van der Waals surface area contributed by atoms with E-state index in [0.29, 0.717) is 22.3 Å². The maximum atomic E-state index is 6.24. The Kier molecular flexibility index (Phi) is 2.16. The standard InChI is InChI=1S/C11H10ClN3O2/c1-5-6(7-3-14-15-11(7)13)2-8-10(9(5)12)17-4-16-8/h2-3H,4H2,1H3,(H3,13,14,15). The Morgan fingerprint density at radius 3 is 2.94 bits per heavy atom. The van der Waals surface area contributed by atoms with E-state index in [4.69, 9.17) is 26.8 Å². The molecule has 2 heterocycles. The van der Waals surface area contributed by atoms with Crippen LogP contribution in [0.3, 0.4) is 0 Å². The quantitative estimate of drug-likeness (QED) is 0.816. The molecule has 0 fully saturated rings. The van der Waals surface area contributed by atoms with Crippen molar-refractivity contribution in [3.8, 4) is 22.6 Å². The molecular formula is C11H10ClN3O2. The highest BCUT2D eigenvalue weighted by atomic mass is 35.5. The molecule has 6 heteroatoms. The van der Waals surface area contributed by atoms with Gasteiger partial charge in [-0.2, -0.15) is 5.10 Å². The van der Waals surface area contributed by atoms with Crippen LogP contribution in [0.15, 0.2) is 12.3 Å². The molecular weight excluding hydrogens is 242 g/mol. The number of aromatic nitrogens is 2. The van der Waals surface area contributed by atoms with E-state index in [1.807, 2.05) is 13.0 Å². The summed E-state index contributed by atoms with van der Waals surface area (Å²) in [5, 5.41) is 7.14. The third kappa shape index (κ3) is 1.43. The Morgan fingerprint density at radius 2 is 2.24 bits per heavy atom. The second-order valence-electron chi connectivity index (χ2n) is 3.79. The van der Waals surface area contributed by atoms with E-state index in [1.54, 1.807) is 6.20 Å². The Morgan fingerprint density at radius 1 is 1.41 bits per heavy atom. The first kappa shape index (κ1) is 10.3. The van der Waals surface area contributed by atoms with Crippen molar-refractivity contribution in [2.45, 2.75) is 6.92 Å². The first-order chi connectivity index (χ1) is 8.18. The lowest BCUT2D eigenvalue weighted by Gasteiger charge is -2.09. The van der Waals surface area contributed by atoms with Gasteiger partial charge in [0.1, 0.15) is 5.82 Å². The molecule has 1 aromatic heterocycles. The van der Waals surface area contributed by atoms with Crippen molar-refractivity contribution in [3.05, 3.63) is 22.8 Å². The Bertz CT molecular complexity index is 595. The van der Waals surface area contributed by atoms with Gasteiger partial charge in [0, 0.05) is 5.56 Å². The van der Waals surface area contributed by atoms with E-state index >= 15 is 0 Å². The van der Waals surface area contributed by atoms with Gasteiger partial charge in [0.15, 0.2) is 11.5 Å². The summed E-state index contributed by atoms with van der Waals surface area (Å²) in [6.45, 7) is 2.10. The molecule has 0 bridgehead atoms. The second kappa shape index (κ2) is 3.56. The van der Waals surface area contributed by atoms with Crippen LogP contribution in [0.25, 0.3) is 11.1 Å². The van der Waals surface area contributed by atoms with Gasteiger partial charge in [-0.05, 0) is 24.1 Å². The number of ether oxygens (including phenoxy) is 2. The van der Waals surface area contributed by atoms with Gasteiger partial charge < -0.3 is 15.2 Å². The number of nitrogens with one attached hydrogen (secondary N) is 1. The van der Waals surface area contributed by atoms with Crippen LogP contribution < -0.4 is 15.2 Å². The van der Waals surface area contributed by atoms with Crippen molar-refractivity contribution in [1.82, 2.24) is 10.2 Å². The first-order valence-electron chi connectivity index (χ1n) is 5.06. The predicted octanol–water partition coefficient (Wildman–Crippen LogP) is 2.35. The maximum Gasteiger partial charge on any atom is 0.231 e. The van der Waals surface area contributed by atoms with E-state index < -0.39 is 0 Å². The maximum absolute atomic E-state index is 6.24. The smallest absolute Gasteiger partial charge is 0.231 e. The average molecular weight is 252 g/mol. The van der Waals surface area contributed by atoms with Crippen LogP contribution in [0, 0.1) is 6.92 Å². The summed E-state index contributed by atoms with van der Waals surface area (Å²) < 4.78 is 10.6. The fourth-order valence-corrected chi connectivity index (χ4v) is 2.14. The molecule has 0 unspecified atom stereocenters. The van der Waals surface area contributed by atoms with E-state index in [-0.39, 0.29) is 6.79 Å². The number of rotatable bonds is 1. The van der Waals surface area contributed by atoms with Gasteiger partial charge in [-0.1, -0.05) is 11.6 Å². The minimum Gasteiger partial charge on any atom is -0.454 e. The fourth-order valence-electron chi connectivity index (χ4n) is 1.89. The number of nitrogens with two attached hydrogens (primary N) is 1. The molecule has 3 N–H and O–H groups in total. The Hall–Kier alpha value is -1.88. The lowest BCUT2D eigenvalue weighted by Crippen LogP contribution is -1.93. The van der Waals surface area contributed by atoms with Crippen molar-refractivity contribution in [1.29, 1.82) is 0 Å². The van der Waals surface area contributed by atoms with Crippen LogP contribution in [-0.2, 0) is 0 Å². The first-order valence-corrected chi connectivity index (χ1v) is 5.44. The molecule has 0 aliphatic carbocycles. The minimum atomic E-state index is 0.193. The topological polar surface area (TPSA) is 73.2 Å². The molecule has 0 saturated heterocycles. The highest BCUT2D eigenvalue weighted by Gasteiger charge is 2.23. The number of H-pyrrole nitrogens is 1. The van der Waals surface area contributed by atoms with Gasteiger partial charge in [-0.15, -0.1) is 0 Å². The Balaban J connectivity index is 2.25. The number of nitrogens with zero attached hydrogens (tertiary/aromatic N) is 1. The highest BCUT2D eigenvalue weighted by Crippen LogP contribution is 2.45. The molecule has 1 aromatic carbocycles. The molecule has 0 amide bonds. The third-order valence-corrected chi connectivity index (χ3v) is 3.26. The van der Waals surface area contributed by atoms with E-state index in [1.165, 1.54) is 0 Å². The fraction of sp³-hybridized carbons (Fsp3) is 0.182.